The Hall–Kier alpha value is 0.500. The van der Waals surface area contributed by atoms with Gasteiger partial charge in [-0.25, -0.2) is 0 Å². The molecule has 0 aromatic heterocycles. The molecule has 0 aliphatic carbocycles. The van der Waals surface area contributed by atoms with Crippen LogP contribution in [-0.4, -0.2) is 10.7 Å². The highest BCUT2D eigenvalue weighted by molar-refractivity contribution is 9.09. The Morgan fingerprint density at radius 3 is 2.12 bits per heavy atom. The standard InChI is InChI=1S/C13H25Br2N/c1-10(4-6-12(3)16)11(2)5-7-13(8-14)9-15/h6,10-11,13H,4-5,7-9,16H2,1-3H3/b12-6+/t10-,11+/m0/s1. The summed E-state index contributed by atoms with van der Waals surface area (Å²) in [6, 6.07) is 0. The number of nitrogens with two attached hydrogens (primary N) is 1. The van der Waals surface area contributed by atoms with Crippen LogP contribution in [0, 0.1) is 17.8 Å². The Morgan fingerprint density at radius 1 is 1.12 bits per heavy atom. The topological polar surface area (TPSA) is 26.0 Å². The maximum Gasteiger partial charge on any atom is 0.00676 e. The highest BCUT2D eigenvalue weighted by Crippen LogP contribution is 2.24. The molecule has 0 aromatic rings. The van der Waals surface area contributed by atoms with Crippen molar-refractivity contribution < 1.29 is 0 Å². The van der Waals surface area contributed by atoms with Crippen molar-refractivity contribution in [2.45, 2.75) is 40.0 Å². The molecular formula is C13H25Br2N. The third-order valence-electron chi connectivity index (χ3n) is 3.25. The van der Waals surface area contributed by atoms with Crippen LogP contribution in [0.3, 0.4) is 0 Å². The number of rotatable bonds is 8. The van der Waals surface area contributed by atoms with E-state index in [0.717, 1.165) is 40.5 Å². The van der Waals surface area contributed by atoms with Crippen LogP contribution < -0.4 is 5.73 Å². The number of hydrogen-bond donors (Lipinski definition) is 1. The molecule has 0 amide bonds. The predicted molar refractivity (Wildman–Crippen MR) is 81.2 cm³/mol. The third-order valence-corrected chi connectivity index (χ3v) is 5.08. The largest absolute Gasteiger partial charge is 0.403 e. The fourth-order valence-corrected chi connectivity index (χ4v) is 3.30. The molecule has 0 saturated carbocycles. The lowest BCUT2D eigenvalue weighted by Crippen LogP contribution is -2.12. The van der Waals surface area contributed by atoms with Gasteiger partial charge in [-0.3, -0.25) is 0 Å². The first-order valence-corrected chi connectivity index (χ1v) is 8.29. The summed E-state index contributed by atoms with van der Waals surface area (Å²) in [5.41, 5.74) is 6.60. The monoisotopic (exact) mass is 353 g/mol. The fourth-order valence-electron chi connectivity index (χ4n) is 1.58. The molecule has 0 unspecified atom stereocenters. The summed E-state index contributed by atoms with van der Waals surface area (Å²) in [5, 5.41) is 2.20. The number of halogens is 2. The first-order chi connectivity index (χ1) is 7.51. The number of allylic oxidation sites excluding steroid dienone is 2. The molecule has 16 heavy (non-hydrogen) atoms. The first-order valence-electron chi connectivity index (χ1n) is 6.05. The summed E-state index contributed by atoms with van der Waals surface area (Å²) in [7, 11) is 0. The van der Waals surface area contributed by atoms with Crippen LogP contribution in [0.5, 0.6) is 0 Å². The van der Waals surface area contributed by atoms with Gasteiger partial charge in [0.15, 0.2) is 0 Å². The lowest BCUT2D eigenvalue weighted by molar-refractivity contribution is 0.342. The van der Waals surface area contributed by atoms with Gasteiger partial charge in [-0.15, -0.1) is 0 Å². The molecule has 0 bridgehead atoms. The smallest absolute Gasteiger partial charge is 0.00676 e. The summed E-state index contributed by atoms with van der Waals surface area (Å²) in [5.74, 6) is 2.27. The van der Waals surface area contributed by atoms with E-state index in [4.69, 9.17) is 5.73 Å². The minimum atomic E-state index is 0.727. The van der Waals surface area contributed by atoms with E-state index in [1.807, 2.05) is 6.92 Å². The molecule has 0 spiro atoms. The molecule has 0 fully saturated rings. The molecule has 0 aromatic carbocycles. The third kappa shape index (κ3) is 7.72. The second-order valence-electron chi connectivity index (χ2n) is 4.89. The molecule has 0 radical (unpaired) electrons. The number of hydrogen-bond acceptors (Lipinski definition) is 1. The fraction of sp³-hybridized carbons (Fsp3) is 0.846. The van der Waals surface area contributed by atoms with E-state index in [2.05, 4.69) is 51.8 Å². The average Bonchev–Trinajstić information content (AvgIpc) is 2.26. The zero-order valence-electron chi connectivity index (χ0n) is 10.7. The molecule has 1 nitrogen and oxygen atoms in total. The lowest BCUT2D eigenvalue weighted by Gasteiger charge is -2.20. The van der Waals surface area contributed by atoms with Gasteiger partial charge >= 0.3 is 0 Å². The summed E-state index contributed by atoms with van der Waals surface area (Å²) in [6.07, 6.45) is 5.86. The Bertz CT molecular complexity index is 196. The van der Waals surface area contributed by atoms with Crippen molar-refractivity contribution in [3.8, 4) is 0 Å². The van der Waals surface area contributed by atoms with Crippen molar-refractivity contribution in [3.05, 3.63) is 11.8 Å². The molecule has 0 saturated heterocycles. The van der Waals surface area contributed by atoms with Crippen LogP contribution in [0.4, 0.5) is 0 Å². The van der Waals surface area contributed by atoms with Gasteiger partial charge in [0.25, 0.3) is 0 Å². The number of alkyl halides is 2. The van der Waals surface area contributed by atoms with E-state index in [0.29, 0.717) is 0 Å². The Balaban J connectivity index is 3.86. The quantitative estimate of drug-likeness (QED) is 0.628. The molecule has 0 heterocycles. The van der Waals surface area contributed by atoms with Gasteiger partial charge in [-0.2, -0.15) is 0 Å². The summed E-state index contributed by atoms with van der Waals surface area (Å²) < 4.78 is 0. The lowest BCUT2D eigenvalue weighted by atomic mass is 9.87. The molecule has 2 N–H and O–H groups in total. The van der Waals surface area contributed by atoms with Crippen molar-refractivity contribution in [2.75, 3.05) is 10.7 Å². The van der Waals surface area contributed by atoms with E-state index in [1.54, 1.807) is 0 Å². The normalized spacial score (nSPS) is 16.5. The summed E-state index contributed by atoms with van der Waals surface area (Å²) in [4.78, 5) is 0. The summed E-state index contributed by atoms with van der Waals surface area (Å²) in [6.45, 7) is 6.63. The van der Waals surface area contributed by atoms with E-state index in [-0.39, 0.29) is 0 Å². The van der Waals surface area contributed by atoms with Crippen LogP contribution in [0.1, 0.15) is 40.0 Å². The van der Waals surface area contributed by atoms with Gasteiger partial charge in [0.2, 0.25) is 0 Å². The highest BCUT2D eigenvalue weighted by Gasteiger charge is 2.13. The molecule has 0 aliphatic rings. The summed E-state index contributed by atoms with van der Waals surface area (Å²) >= 11 is 7.11. The van der Waals surface area contributed by atoms with Gasteiger partial charge in [-0.05, 0) is 37.5 Å². The second-order valence-corrected chi connectivity index (χ2v) is 6.19. The van der Waals surface area contributed by atoms with Gasteiger partial charge in [-0.1, -0.05) is 58.2 Å². The van der Waals surface area contributed by atoms with Gasteiger partial charge in [0.05, 0.1) is 0 Å². The van der Waals surface area contributed by atoms with Crippen LogP contribution in [0.2, 0.25) is 0 Å². The Kier molecular flexibility index (Phi) is 9.82. The molecule has 0 rings (SSSR count). The molecular weight excluding hydrogens is 330 g/mol. The van der Waals surface area contributed by atoms with Crippen LogP contribution in [-0.2, 0) is 0 Å². The van der Waals surface area contributed by atoms with Crippen molar-refractivity contribution in [1.29, 1.82) is 0 Å². The van der Waals surface area contributed by atoms with Crippen LogP contribution in [0.25, 0.3) is 0 Å². The molecule has 96 valence electrons. The second kappa shape index (κ2) is 9.52. The minimum absolute atomic E-state index is 0.727. The van der Waals surface area contributed by atoms with Crippen molar-refractivity contribution in [2.24, 2.45) is 23.5 Å². The van der Waals surface area contributed by atoms with Crippen molar-refractivity contribution in [1.82, 2.24) is 0 Å². The van der Waals surface area contributed by atoms with Gasteiger partial charge in [0, 0.05) is 16.4 Å². The molecule has 2 atom stereocenters. The van der Waals surface area contributed by atoms with E-state index < -0.39 is 0 Å². The maximum atomic E-state index is 5.65. The highest BCUT2D eigenvalue weighted by atomic mass is 79.9. The van der Waals surface area contributed by atoms with E-state index in [9.17, 15) is 0 Å². The molecule has 0 aliphatic heterocycles. The molecule has 3 heteroatoms. The minimum Gasteiger partial charge on any atom is -0.403 e. The maximum absolute atomic E-state index is 5.65. The van der Waals surface area contributed by atoms with Crippen LogP contribution >= 0.6 is 31.9 Å². The van der Waals surface area contributed by atoms with Gasteiger partial charge in [0.1, 0.15) is 0 Å². The predicted octanol–water partition coefficient (Wildman–Crippen LogP) is 4.70. The first kappa shape index (κ1) is 16.5. The zero-order valence-corrected chi connectivity index (χ0v) is 13.9. The van der Waals surface area contributed by atoms with Crippen LogP contribution in [0.15, 0.2) is 11.8 Å². The average molecular weight is 355 g/mol. The van der Waals surface area contributed by atoms with E-state index in [1.165, 1.54) is 12.8 Å². The van der Waals surface area contributed by atoms with Crippen molar-refractivity contribution in [3.63, 3.8) is 0 Å². The van der Waals surface area contributed by atoms with Gasteiger partial charge < -0.3 is 5.73 Å². The SMILES string of the molecule is C/C(N)=C\C[C@H](C)[C@H](C)CCC(CBr)CBr. The Labute approximate surface area is 118 Å². The van der Waals surface area contributed by atoms with E-state index >= 15 is 0 Å². The van der Waals surface area contributed by atoms with Crippen molar-refractivity contribution >= 4 is 31.9 Å². The Morgan fingerprint density at radius 2 is 1.69 bits per heavy atom. The zero-order chi connectivity index (χ0) is 12.6.